The highest BCUT2D eigenvalue weighted by Crippen LogP contribution is 2.22. The fourth-order valence-corrected chi connectivity index (χ4v) is 2.68. The molecule has 1 aromatic carbocycles. The van der Waals surface area contributed by atoms with Gasteiger partial charge in [-0.15, -0.1) is 11.3 Å². The van der Waals surface area contributed by atoms with Crippen molar-refractivity contribution >= 4 is 17.3 Å². The lowest BCUT2D eigenvalue weighted by atomic mass is 10.2. The summed E-state index contributed by atoms with van der Waals surface area (Å²) in [7, 11) is 0. The molecule has 0 unspecified atom stereocenters. The van der Waals surface area contributed by atoms with Crippen molar-refractivity contribution in [1.82, 2.24) is 4.98 Å². The SMILES string of the molecule is O=C(CCc1cccs1)Oc1ccc(Oc2ccccn2)cc1. The van der Waals surface area contributed by atoms with Crippen molar-refractivity contribution in [3.8, 4) is 17.4 Å². The van der Waals surface area contributed by atoms with Gasteiger partial charge in [-0.05, 0) is 48.2 Å². The number of pyridine rings is 1. The minimum Gasteiger partial charge on any atom is -0.439 e. The molecule has 3 rings (SSSR count). The molecule has 0 aliphatic rings. The van der Waals surface area contributed by atoms with Gasteiger partial charge in [0.2, 0.25) is 5.88 Å². The van der Waals surface area contributed by atoms with Gasteiger partial charge in [0.25, 0.3) is 0 Å². The number of carbonyl (C=O) groups excluding carboxylic acids is 1. The minimum atomic E-state index is -0.239. The van der Waals surface area contributed by atoms with Crippen molar-refractivity contribution in [2.75, 3.05) is 0 Å². The molecule has 0 saturated carbocycles. The standard InChI is InChI=1S/C18H15NO3S/c20-18(11-10-16-4-3-13-23-16)22-15-8-6-14(7-9-15)21-17-5-1-2-12-19-17/h1-9,12-13H,10-11H2. The van der Waals surface area contributed by atoms with Crippen LogP contribution in [0.1, 0.15) is 11.3 Å². The molecule has 116 valence electrons. The fraction of sp³-hybridized carbons (Fsp3) is 0.111. The number of carbonyl (C=O) groups is 1. The molecule has 23 heavy (non-hydrogen) atoms. The third kappa shape index (κ3) is 4.66. The Labute approximate surface area is 138 Å². The molecule has 2 aromatic heterocycles. The van der Waals surface area contributed by atoms with E-state index in [0.717, 1.165) is 0 Å². The van der Waals surface area contributed by atoms with Crippen LogP contribution in [0.4, 0.5) is 0 Å². The van der Waals surface area contributed by atoms with Crippen LogP contribution in [0.5, 0.6) is 17.4 Å². The van der Waals surface area contributed by atoms with E-state index in [9.17, 15) is 4.79 Å². The number of aromatic nitrogens is 1. The molecule has 0 aliphatic heterocycles. The minimum absolute atomic E-state index is 0.239. The zero-order chi connectivity index (χ0) is 15.9. The molecule has 4 nitrogen and oxygen atoms in total. The Morgan fingerprint density at radius 1 is 1.00 bits per heavy atom. The van der Waals surface area contributed by atoms with Crippen molar-refractivity contribution in [2.45, 2.75) is 12.8 Å². The molecule has 0 spiro atoms. The van der Waals surface area contributed by atoms with Crippen LogP contribution in [0.3, 0.4) is 0 Å². The van der Waals surface area contributed by atoms with E-state index in [0.29, 0.717) is 30.2 Å². The van der Waals surface area contributed by atoms with E-state index in [2.05, 4.69) is 4.98 Å². The maximum Gasteiger partial charge on any atom is 0.311 e. The van der Waals surface area contributed by atoms with E-state index in [-0.39, 0.29) is 5.97 Å². The lowest BCUT2D eigenvalue weighted by Crippen LogP contribution is -2.08. The lowest BCUT2D eigenvalue weighted by Gasteiger charge is -2.06. The fourth-order valence-electron chi connectivity index (χ4n) is 1.97. The molecule has 0 saturated heterocycles. The number of benzene rings is 1. The van der Waals surface area contributed by atoms with Gasteiger partial charge < -0.3 is 9.47 Å². The van der Waals surface area contributed by atoms with Gasteiger partial charge in [0.15, 0.2) is 0 Å². The van der Waals surface area contributed by atoms with E-state index in [4.69, 9.17) is 9.47 Å². The second-order valence-corrected chi connectivity index (χ2v) is 5.83. The maximum atomic E-state index is 11.8. The van der Waals surface area contributed by atoms with Gasteiger partial charge in [0.1, 0.15) is 11.5 Å². The van der Waals surface area contributed by atoms with E-state index in [1.807, 2.05) is 29.6 Å². The van der Waals surface area contributed by atoms with Crippen LogP contribution in [0.2, 0.25) is 0 Å². The zero-order valence-electron chi connectivity index (χ0n) is 12.3. The Bertz CT molecular complexity index is 740. The van der Waals surface area contributed by atoms with Crippen molar-refractivity contribution in [3.63, 3.8) is 0 Å². The second-order valence-electron chi connectivity index (χ2n) is 4.79. The Morgan fingerprint density at radius 2 is 1.83 bits per heavy atom. The average molecular weight is 325 g/mol. The molecule has 0 bridgehead atoms. The van der Waals surface area contributed by atoms with Crippen LogP contribution in [0.15, 0.2) is 66.2 Å². The Hall–Kier alpha value is -2.66. The molecular weight excluding hydrogens is 310 g/mol. The molecular formula is C18H15NO3S. The molecule has 0 atom stereocenters. The first-order valence-electron chi connectivity index (χ1n) is 7.21. The monoisotopic (exact) mass is 325 g/mol. The van der Waals surface area contributed by atoms with Crippen molar-refractivity contribution in [3.05, 3.63) is 71.1 Å². The summed E-state index contributed by atoms with van der Waals surface area (Å²) in [5.41, 5.74) is 0. The summed E-state index contributed by atoms with van der Waals surface area (Å²) in [6, 6.07) is 16.4. The summed E-state index contributed by atoms with van der Waals surface area (Å²) >= 11 is 1.64. The van der Waals surface area contributed by atoms with Gasteiger partial charge in [0.05, 0.1) is 6.42 Å². The third-order valence-electron chi connectivity index (χ3n) is 3.07. The van der Waals surface area contributed by atoms with Crippen LogP contribution >= 0.6 is 11.3 Å². The second kappa shape index (κ2) is 7.56. The van der Waals surface area contributed by atoms with Crippen LogP contribution in [-0.4, -0.2) is 11.0 Å². The first-order valence-corrected chi connectivity index (χ1v) is 8.09. The number of aryl methyl sites for hydroxylation is 1. The lowest BCUT2D eigenvalue weighted by molar-refractivity contribution is -0.134. The highest BCUT2D eigenvalue weighted by atomic mass is 32.1. The van der Waals surface area contributed by atoms with E-state index >= 15 is 0 Å². The van der Waals surface area contributed by atoms with Gasteiger partial charge in [-0.2, -0.15) is 0 Å². The van der Waals surface area contributed by atoms with Crippen LogP contribution < -0.4 is 9.47 Å². The molecule has 0 radical (unpaired) electrons. The average Bonchev–Trinajstić information content (AvgIpc) is 3.09. The normalized spacial score (nSPS) is 10.3. The molecule has 5 heteroatoms. The Kier molecular flexibility index (Phi) is 5.01. The summed E-state index contributed by atoms with van der Waals surface area (Å²) in [5.74, 6) is 1.43. The van der Waals surface area contributed by atoms with Gasteiger partial charge in [-0.3, -0.25) is 4.79 Å². The predicted octanol–water partition coefficient (Wildman–Crippen LogP) is 4.47. The summed E-state index contributed by atoms with van der Waals surface area (Å²) in [6.45, 7) is 0. The van der Waals surface area contributed by atoms with Gasteiger partial charge in [0, 0.05) is 17.1 Å². The van der Waals surface area contributed by atoms with Crippen molar-refractivity contribution in [2.24, 2.45) is 0 Å². The Balaban J connectivity index is 1.51. The number of hydrogen-bond acceptors (Lipinski definition) is 5. The van der Waals surface area contributed by atoms with Crippen LogP contribution in [0.25, 0.3) is 0 Å². The number of hydrogen-bond donors (Lipinski definition) is 0. The van der Waals surface area contributed by atoms with Crippen LogP contribution in [0, 0.1) is 0 Å². The third-order valence-corrected chi connectivity index (χ3v) is 4.01. The number of thiophene rings is 1. The molecule has 0 fully saturated rings. The molecule has 0 aliphatic carbocycles. The van der Waals surface area contributed by atoms with Gasteiger partial charge in [-0.1, -0.05) is 12.1 Å². The van der Waals surface area contributed by atoms with E-state index < -0.39 is 0 Å². The molecule has 0 amide bonds. The molecule has 0 N–H and O–H groups in total. The molecule has 3 aromatic rings. The molecule has 2 heterocycles. The maximum absolute atomic E-state index is 11.8. The zero-order valence-corrected chi connectivity index (χ0v) is 13.2. The van der Waals surface area contributed by atoms with Gasteiger partial charge in [-0.25, -0.2) is 4.98 Å². The topological polar surface area (TPSA) is 48.4 Å². The smallest absolute Gasteiger partial charge is 0.311 e. The Morgan fingerprint density at radius 3 is 2.52 bits per heavy atom. The highest BCUT2D eigenvalue weighted by molar-refractivity contribution is 7.09. The highest BCUT2D eigenvalue weighted by Gasteiger charge is 2.06. The summed E-state index contributed by atoms with van der Waals surface area (Å²) in [6.07, 6.45) is 2.74. The van der Waals surface area contributed by atoms with Crippen molar-refractivity contribution in [1.29, 1.82) is 0 Å². The summed E-state index contributed by atoms with van der Waals surface area (Å²) < 4.78 is 10.9. The van der Waals surface area contributed by atoms with Crippen molar-refractivity contribution < 1.29 is 14.3 Å². The number of esters is 1. The van der Waals surface area contributed by atoms with E-state index in [1.165, 1.54) is 4.88 Å². The van der Waals surface area contributed by atoms with Crippen LogP contribution in [-0.2, 0) is 11.2 Å². The van der Waals surface area contributed by atoms with Gasteiger partial charge >= 0.3 is 5.97 Å². The first kappa shape index (κ1) is 15.2. The number of nitrogens with zero attached hydrogens (tertiary/aromatic N) is 1. The number of ether oxygens (including phenoxy) is 2. The quantitative estimate of drug-likeness (QED) is 0.495. The van der Waals surface area contributed by atoms with E-state index in [1.54, 1.807) is 47.9 Å². The summed E-state index contributed by atoms with van der Waals surface area (Å²) in [4.78, 5) is 17.1. The largest absolute Gasteiger partial charge is 0.439 e. The first-order chi connectivity index (χ1) is 11.3. The number of rotatable bonds is 6. The predicted molar refractivity (Wildman–Crippen MR) is 89.0 cm³/mol. The summed E-state index contributed by atoms with van der Waals surface area (Å²) in [5, 5.41) is 2.00.